The molecule has 96 valence electrons. The van der Waals surface area contributed by atoms with Crippen LogP contribution in [-0.2, 0) is 13.8 Å². The number of rotatable bonds is 3. The van der Waals surface area contributed by atoms with E-state index in [4.69, 9.17) is 5.11 Å². The first-order valence-corrected chi connectivity index (χ1v) is 5.73. The van der Waals surface area contributed by atoms with Crippen LogP contribution in [0.15, 0.2) is 0 Å². The maximum absolute atomic E-state index is 10.3. The van der Waals surface area contributed by atoms with E-state index in [0.717, 1.165) is 0 Å². The monoisotopic (exact) mass is 336 g/mol. The topological polar surface area (TPSA) is 163 Å². The molecule has 0 bridgehead atoms. The predicted molar refractivity (Wildman–Crippen MR) is 42.5 cm³/mol. The molecular formula is C6H11K2O9P. The van der Waals surface area contributed by atoms with E-state index >= 15 is 0 Å². The Hall–Kier alpha value is 3.18. The maximum Gasteiger partial charge on any atom is 1.00 e. The number of phosphoric acid groups is 1. The van der Waals surface area contributed by atoms with Crippen LogP contribution in [0.25, 0.3) is 0 Å². The number of aliphatic hydroxyl groups excluding tert-OH is 4. The van der Waals surface area contributed by atoms with E-state index in [9.17, 15) is 29.7 Å². The van der Waals surface area contributed by atoms with Gasteiger partial charge in [0.25, 0.3) is 0 Å². The van der Waals surface area contributed by atoms with Gasteiger partial charge in [0.15, 0.2) is 6.29 Å². The minimum atomic E-state index is -5.41. The molecule has 1 aliphatic heterocycles. The Morgan fingerprint density at radius 3 is 2.00 bits per heavy atom. The molecule has 0 aromatic carbocycles. The van der Waals surface area contributed by atoms with Gasteiger partial charge in [-0.2, -0.15) is 0 Å². The van der Waals surface area contributed by atoms with Crippen LogP contribution < -0.4 is 113 Å². The van der Waals surface area contributed by atoms with Crippen molar-refractivity contribution in [1.29, 1.82) is 0 Å². The standard InChI is InChI=1S/C6H13O9P.2K/c7-1-2-3(8)4(9)5(10)6(14-2)15-16(11,12)13;;/h2-10H,1H2,(H2,11,12,13);;/q;2*+1/p-2/t2-,3+,4+,5-,6-;;/m1../s1. The van der Waals surface area contributed by atoms with Crippen LogP contribution >= 0.6 is 7.82 Å². The SMILES string of the molecule is O=P([O-])([O-])O[C@H]1O[C@H](CO)[C@H](O)[C@H](O)[C@H]1O.[K+].[K+]. The third-order valence-corrected chi connectivity index (χ3v) is 2.55. The van der Waals surface area contributed by atoms with Crippen molar-refractivity contribution >= 4 is 7.82 Å². The summed E-state index contributed by atoms with van der Waals surface area (Å²) < 4.78 is 18.7. The summed E-state index contributed by atoms with van der Waals surface area (Å²) in [5.41, 5.74) is 0. The summed E-state index contributed by atoms with van der Waals surface area (Å²) in [6.07, 6.45) is -8.61. The zero-order valence-electron chi connectivity index (χ0n) is 9.87. The van der Waals surface area contributed by atoms with E-state index in [1.165, 1.54) is 0 Å². The molecular weight excluding hydrogens is 325 g/mol. The molecule has 1 rings (SSSR count). The van der Waals surface area contributed by atoms with Crippen molar-refractivity contribution in [2.24, 2.45) is 0 Å². The number of hydrogen-bond donors (Lipinski definition) is 4. The third-order valence-electron chi connectivity index (χ3n) is 2.08. The number of phosphoric ester groups is 1. The molecule has 0 unspecified atom stereocenters. The van der Waals surface area contributed by atoms with Gasteiger partial charge in [-0.05, 0) is 0 Å². The molecule has 1 aliphatic rings. The van der Waals surface area contributed by atoms with Crippen molar-refractivity contribution in [3.8, 4) is 0 Å². The zero-order valence-corrected chi connectivity index (χ0v) is 17.0. The summed E-state index contributed by atoms with van der Waals surface area (Å²) in [7, 11) is -5.41. The Balaban J connectivity index is 0. The fourth-order valence-electron chi connectivity index (χ4n) is 1.28. The molecule has 12 heteroatoms. The fourth-order valence-corrected chi connectivity index (χ4v) is 1.71. The first-order valence-electron chi connectivity index (χ1n) is 4.27. The van der Waals surface area contributed by atoms with Gasteiger partial charge in [-0.1, -0.05) is 0 Å². The average molecular weight is 336 g/mol. The Labute approximate surface area is 188 Å². The summed E-state index contributed by atoms with van der Waals surface area (Å²) in [5.74, 6) is 0. The molecule has 0 aromatic heterocycles. The van der Waals surface area contributed by atoms with Crippen LogP contribution in [0.4, 0.5) is 0 Å². The third kappa shape index (κ3) is 6.96. The van der Waals surface area contributed by atoms with Crippen LogP contribution in [0.3, 0.4) is 0 Å². The molecule has 0 aromatic rings. The molecule has 0 saturated carbocycles. The van der Waals surface area contributed by atoms with Gasteiger partial charge < -0.3 is 44.0 Å². The van der Waals surface area contributed by atoms with E-state index in [1.54, 1.807) is 0 Å². The van der Waals surface area contributed by atoms with E-state index in [1.807, 2.05) is 0 Å². The number of aliphatic hydroxyl groups is 4. The molecule has 9 nitrogen and oxygen atoms in total. The summed E-state index contributed by atoms with van der Waals surface area (Å²) in [4.78, 5) is 20.6. The first-order chi connectivity index (χ1) is 7.26. The number of hydrogen-bond acceptors (Lipinski definition) is 9. The maximum atomic E-state index is 10.3. The van der Waals surface area contributed by atoms with E-state index < -0.39 is 45.1 Å². The van der Waals surface area contributed by atoms with Crippen LogP contribution in [0.2, 0.25) is 0 Å². The Bertz CT molecular complexity index is 284. The minimum absolute atomic E-state index is 0. The first kappa shape index (κ1) is 23.4. The Morgan fingerprint density at radius 2 is 1.61 bits per heavy atom. The molecule has 1 heterocycles. The molecule has 0 spiro atoms. The van der Waals surface area contributed by atoms with Gasteiger partial charge >= 0.3 is 103 Å². The van der Waals surface area contributed by atoms with Gasteiger partial charge in [0, 0.05) is 0 Å². The molecule has 5 atom stereocenters. The smallest absolute Gasteiger partial charge is 0.790 e. The summed E-state index contributed by atoms with van der Waals surface area (Å²) in [6.45, 7) is -0.743. The minimum Gasteiger partial charge on any atom is -0.790 e. The summed E-state index contributed by atoms with van der Waals surface area (Å²) in [6, 6.07) is 0. The predicted octanol–water partition coefficient (Wildman–Crippen LogP) is -10.4. The van der Waals surface area contributed by atoms with Crippen LogP contribution in [0, 0.1) is 0 Å². The van der Waals surface area contributed by atoms with Crippen LogP contribution in [-0.4, -0.2) is 57.7 Å². The van der Waals surface area contributed by atoms with Crippen LogP contribution in [0.5, 0.6) is 0 Å². The molecule has 0 aliphatic carbocycles. The normalized spacial score (nSPS) is 36.4. The second-order valence-corrected chi connectivity index (χ2v) is 4.36. The number of ether oxygens (including phenoxy) is 1. The molecule has 0 radical (unpaired) electrons. The van der Waals surface area contributed by atoms with Crippen molar-refractivity contribution in [1.82, 2.24) is 0 Å². The quantitative estimate of drug-likeness (QED) is 0.289. The van der Waals surface area contributed by atoms with Crippen LogP contribution in [0.1, 0.15) is 0 Å². The molecule has 1 fully saturated rings. The molecule has 1 saturated heterocycles. The van der Waals surface area contributed by atoms with Crippen molar-refractivity contribution < 1.29 is 147 Å². The van der Waals surface area contributed by atoms with Crippen molar-refractivity contribution in [2.75, 3.05) is 6.61 Å². The zero-order chi connectivity index (χ0) is 12.5. The molecule has 4 N–H and O–H groups in total. The van der Waals surface area contributed by atoms with E-state index in [0.29, 0.717) is 0 Å². The largest absolute Gasteiger partial charge is 1.00 e. The van der Waals surface area contributed by atoms with Crippen molar-refractivity contribution in [3.05, 3.63) is 0 Å². The van der Waals surface area contributed by atoms with Gasteiger partial charge in [0.1, 0.15) is 24.4 Å². The Kier molecular flexibility index (Phi) is 13.1. The molecule has 0 amide bonds. The van der Waals surface area contributed by atoms with E-state index in [-0.39, 0.29) is 103 Å². The van der Waals surface area contributed by atoms with Gasteiger partial charge in [-0.25, -0.2) is 0 Å². The molecule has 18 heavy (non-hydrogen) atoms. The van der Waals surface area contributed by atoms with Crippen molar-refractivity contribution in [2.45, 2.75) is 30.7 Å². The summed E-state index contributed by atoms with van der Waals surface area (Å²) in [5, 5.41) is 36.5. The van der Waals surface area contributed by atoms with Gasteiger partial charge in [-0.3, -0.25) is 0 Å². The Morgan fingerprint density at radius 1 is 1.11 bits per heavy atom. The second kappa shape index (κ2) is 10.1. The summed E-state index contributed by atoms with van der Waals surface area (Å²) >= 11 is 0. The van der Waals surface area contributed by atoms with Crippen molar-refractivity contribution in [3.63, 3.8) is 0 Å². The van der Waals surface area contributed by atoms with Gasteiger partial charge in [-0.15, -0.1) is 0 Å². The second-order valence-electron chi connectivity index (χ2n) is 3.25. The van der Waals surface area contributed by atoms with Gasteiger partial charge in [0.05, 0.1) is 14.4 Å². The van der Waals surface area contributed by atoms with E-state index in [2.05, 4.69) is 9.26 Å². The fraction of sp³-hybridized carbons (Fsp3) is 1.00. The average Bonchev–Trinajstić information content (AvgIpc) is 2.17. The van der Waals surface area contributed by atoms with Gasteiger partial charge in [0.2, 0.25) is 0 Å².